The fraction of sp³-hybridized carbons (Fsp3) is 0.857. The number of hydrogen-bond donors (Lipinski definition) is 0. The summed E-state index contributed by atoms with van der Waals surface area (Å²) >= 11 is 0. The largest absolute Gasteiger partial charge is 0.459 e. The monoisotopic (exact) mass is 256 g/mol. The van der Waals surface area contributed by atoms with Gasteiger partial charge in [-0.1, -0.05) is 0 Å². The van der Waals surface area contributed by atoms with E-state index in [-0.39, 0.29) is 6.10 Å². The summed E-state index contributed by atoms with van der Waals surface area (Å²) in [6, 6.07) is 0. The summed E-state index contributed by atoms with van der Waals surface area (Å²) in [4.78, 5) is 23.8. The van der Waals surface area contributed by atoms with Crippen molar-refractivity contribution in [2.45, 2.75) is 72.0 Å². The van der Waals surface area contributed by atoms with Gasteiger partial charge in [-0.25, -0.2) is 4.79 Å². The molecule has 0 amide bonds. The van der Waals surface area contributed by atoms with Crippen LogP contribution in [0.1, 0.15) is 60.3 Å². The number of carbonyl (C=O) groups is 2. The van der Waals surface area contributed by atoms with E-state index in [4.69, 9.17) is 9.47 Å². The van der Waals surface area contributed by atoms with E-state index in [1.165, 1.54) is 0 Å². The van der Waals surface area contributed by atoms with Gasteiger partial charge in [0.1, 0.15) is 6.10 Å². The van der Waals surface area contributed by atoms with E-state index in [2.05, 4.69) is 0 Å². The summed E-state index contributed by atoms with van der Waals surface area (Å²) in [5, 5.41) is 0. The van der Waals surface area contributed by atoms with Crippen LogP contribution >= 0.6 is 0 Å². The third-order valence-electron chi connectivity index (χ3n) is 3.03. The molecule has 4 nitrogen and oxygen atoms in total. The summed E-state index contributed by atoms with van der Waals surface area (Å²) in [5.41, 5.74) is -1.84. The first-order valence-corrected chi connectivity index (χ1v) is 6.57. The van der Waals surface area contributed by atoms with Gasteiger partial charge in [-0.2, -0.15) is 0 Å². The molecule has 1 fully saturated rings. The predicted octanol–water partition coefficient (Wildman–Crippen LogP) is 2.84. The Labute approximate surface area is 109 Å². The average Bonchev–Trinajstić information content (AvgIpc) is 2.68. The molecule has 0 heterocycles. The summed E-state index contributed by atoms with van der Waals surface area (Å²) < 4.78 is 10.6. The molecule has 0 atom stereocenters. The van der Waals surface area contributed by atoms with Gasteiger partial charge in [-0.3, -0.25) is 4.79 Å². The lowest BCUT2D eigenvalue weighted by molar-refractivity contribution is -0.186. The van der Waals surface area contributed by atoms with Gasteiger partial charge in [0.25, 0.3) is 0 Å². The molecule has 0 aromatic rings. The SMILES string of the molecule is CC(C)(C)C(=O)OC(C)(C)C(=O)OC1CCCC1. The molecule has 0 saturated heterocycles. The Hall–Kier alpha value is -1.06. The Morgan fingerprint density at radius 1 is 0.944 bits per heavy atom. The van der Waals surface area contributed by atoms with Crippen molar-refractivity contribution in [3.63, 3.8) is 0 Å². The van der Waals surface area contributed by atoms with Gasteiger partial charge >= 0.3 is 11.9 Å². The Morgan fingerprint density at radius 2 is 1.44 bits per heavy atom. The van der Waals surface area contributed by atoms with Crippen molar-refractivity contribution < 1.29 is 19.1 Å². The van der Waals surface area contributed by atoms with Crippen LogP contribution < -0.4 is 0 Å². The normalized spacial score (nSPS) is 17.6. The van der Waals surface area contributed by atoms with Gasteiger partial charge in [0, 0.05) is 0 Å². The summed E-state index contributed by atoms with van der Waals surface area (Å²) in [6.07, 6.45) is 4.01. The Kier molecular flexibility index (Phi) is 4.41. The average molecular weight is 256 g/mol. The van der Waals surface area contributed by atoms with Crippen molar-refractivity contribution in [1.82, 2.24) is 0 Å². The van der Waals surface area contributed by atoms with E-state index >= 15 is 0 Å². The molecule has 0 aliphatic heterocycles. The van der Waals surface area contributed by atoms with E-state index < -0.39 is 23.0 Å². The summed E-state index contributed by atoms with van der Waals surface area (Å²) in [7, 11) is 0. The predicted molar refractivity (Wildman–Crippen MR) is 68.0 cm³/mol. The van der Waals surface area contributed by atoms with Crippen LogP contribution in [-0.2, 0) is 19.1 Å². The highest BCUT2D eigenvalue weighted by molar-refractivity contribution is 5.84. The Balaban J connectivity index is 2.56. The van der Waals surface area contributed by atoms with Crippen LogP contribution in [0.5, 0.6) is 0 Å². The van der Waals surface area contributed by atoms with Crippen LogP contribution in [0.25, 0.3) is 0 Å². The Bertz CT molecular complexity index is 319. The zero-order chi connectivity index (χ0) is 14.0. The zero-order valence-electron chi connectivity index (χ0n) is 12.0. The highest BCUT2D eigenvalue weighted by Gasteiger charge is 2.38. The number of rotatable bonds is 3. The first-order chi connectivity index (χ1) is 8.13. The highest BCUT2D eigenvalue weighted by atomic mass is 16.6. The van der Waals surface area contributed by atoms with Crippen molar-refractivity contribution in [1.29, 1.82) is 0 Å². The lowest BCUT2D eigenvalue weighted by Crippen LogP contribution is -2.42. The highest BCUT2D eigenvalue weighted by Crippen LogP contribution is 2.25. The standard InChI is InChI=1S/C14H24O4/c1-13(2,3)11(15)18-14(4,5)12(16)17-10-8-6-7-9-10/h10H,6-9H2,1-5H3. The quantitative estimate of drug-likeness (QED) is 0.729. The van der Waals surface area contributed by atoms with E-state index in [1.807, 2.05) is 0 Å². The fourth-order valence-electron chi connectivity index (χ4n) is 1.73. The van der Waals surface area contributed by atoms with Crippen LogP contribution in [0.3, 0.4) is 0 Å². The molecular formula is C14H24O4. The third kappa shape index (κ3) is 4.00. The summed E-state index contributed by atoms with van der Waals surface area (Å²) in [6.45, 7) is 8.43. The van der Waals surface area contributed by atoms with Crippen molar-refractivity contribution >= 4 is 11.9 Å². The Morgan fingerprint density at radius 3 is 1.89 bits per heavy atom. The van der Waals surface area contributed by atoms with Crippen LogP contribution in [-0.4, -0.2) is 23.6 Å². The van der Waals surface area contributed by atoms with Crippen LogP contribution in [0.2, 0.25) is 0 Å². The molecule has 0 N–H and O–H groups in total. The first-order valence-electron chi connectivity index (χ1n) is 6.57. The lowest BCUT2D eigenvalue weighted by Gasteiger charge is -2.28. The van der Waals surface area contributed by atoms with Crippen molar-refractivity contribution in [2.75, 3.05) is 0 Å². The minimum absolute atomic E-state index is 0.00915. The van der Waals surface area contributed by atoms with Crippen LogP contribution in [0.4, 0.5) is 0 Å². The summed E-state index contributed by atoms with van der Waals surface area (Å²) in [5.74, 6) is -0.845. The first kappa shape index (κ1) is 15.0. The lowest BCUT2D eigenvalue weighted by atomic mass is 9.96. The molecule has 4 heteroatoms. The van der Waals surface area contributed by atoms with Gasteiger partial charge in [0.15, 0.2) is 0 Å². The van der Waals surface area contributed by atoms with Gasteiger partial charge < -0.3 is 9.47 Å². The van der Waals surface area contributed by atoms with Crippen LogP contribution in [0, 0.1) is 5.41 Å². The van der Waals surface area contributed by atoms with Crippen molar-refractivity contribution in [2.24, 2.45) is 5.41 Å². The molecule has 0 radical (unpaired) electrons. The molecule has 1 saturated carbocycles. The second kappa shape index (κ2) is 5.29. The molecule has 1 rings (SSSR count). The molecule has 0 aromatic carbocycles. The van der Waals surface area contributed by atoms with Gasteiger partial charge in [-0.05, 0) is 60.3 Å². The number of carbonyl (C=O) groups excluding carboxylic acids is 2. The second-order valence-electron chi connectivity index (χ2n) is 6.46. The molecule has 0 bridgehead atoms. The van der Waals surface area contributed by atoms with E-state index in [9.17, 15) is 9.59 Å². The molecule has 18 heavy (non-hydrogen) atoms. The second-order valence-corrected chi connectivity index (χ2v) is 6.46. The van der Waals surface area contributed by atoms with Gasteiger partial charge in [0.2, 0.25) is 5.60 Å². The van der Waals surface area contributed by atoms with Crippen LogP contribution in [0.15, 0.2) is 0 Å². The van der Waals surface area contributed by atoms with E-state index in [1.54, 1.807) is 34.6 Å². The smallest absolute Gasteiger partial charge is 0.350 e. The molecular weight excluding hydrogens is 232 g/mol. The molecule has 1 aliphatic rings. The van der Waals surface area contributed by atoms with Gasteiger partial charge in [0.05, 0.1) is 5.41 Å². The molecule has 0 spiro atoms. The number of esters is 2. The molecule has 1 aliphatic carbocycles. The maximum Gasteiger partial charge on any atom is 0.350 e. The number of hydrogen-bond acceptors (Lipinski definition) is 4. The maximum absolute atomic E-state index is 12.0. The topological polar surface area (TPSA) is 52.6 Å². The van der Waals surface area contributed by atoms with Gasteiger partial charge in [-0.15, -0.1) is 0 Å². The molecule has 0 aromatic heterocycles. The minimum Gasteiger partial charge on any atom is -0.459 e. The fourth-order valence-corrected chi connectivity index (χ4v) is 1.73. The van der Waals surface area contributed by atoms with E-state index in [0.717, 1.165) is 25.7 Å². The molecule has 104 valence electrons. The third-order valence-corrected chi connectivity index (χ3v) is 3.03. The van der Waals surface area contributed by atoms with Crippen molar-refractivity contribution in [3.05, 3.63) is 0 Å². The maximum atomic E-state index is 12.0. The zero-order valence-corrected chi connectivity index (χ0v) is 12.0. The number of ether oxygens (including phenoxy) is 2. The van der Waals surface area contributed by atoms with E-state index in [0.29, 0.717) is 0 Å². The molecule has 0 unspecified atom stereocenters. The minimum atomic E-state index is -1.22. The van der Waals surface area contributed by atoms with Crippen molar-refractivity contribution in [3.8, 4) is 0 Å².